The van der Waals surface area contributed by atoms with Crippen molar-refractivity contribution in [1.29, 1.82) is 0 Å². The third-order valence-corrected chi connectivity index (χ3v) is 4.38. The van der Waals surface area contributed by atoms with E-state index in [2.05, 4.69) is 46.4 Å². The quantitative estimate of drug-likeness (QED) is 0.897. The largest absolute Gasteiger partial charge is 0.398 e. The summed E-state index contributed by atoms with van der Waals surface area (Å²) in [6.07, 6.45) is 0. The molecule has 2 nitrogen and oxygen atoms in total. The Labute approximate surface area is 114 Å². The van der Waals surface area contributed by atoms with Crippen LogP contribution in [0.25, 0.3) is 0 Å². The molecule has 0 aliphatic carbocycles. The first-order valence-electron chi connectivity index (χ1n) is 5.48. The highest BCUT2D eigenvalue weighted by molar-refractivity contribution is 9.10. The van der Waals surface area contributed by atoms with Crippen molar-refractivity contribution < 1.29 is 0 Å². The summed E-state index contributed by atoms with van der Waals surface area (Å²) in [6, 6.07) is 10.5. The minimum atomic E-state index is 0.298. The van der Waals surface area contributed by atoms with Crippen molar-refractivity contribution in [2.75, 3.05) is 5.73 Å². The van der Waals surface area contributed by atoms with Crippen LogP contribution in [0.4, 0.5) is 5.69 Å². The molecule has 4 heteroatoms. The van der Waals surface area contributed by atoms with Crippen LogP contribution in [0.3, 0.4) is 0 Å². The maximum absolute atomic E-state index is 5.86. The van der Waals surface area contributed by atoms with E-state index in [-0.39, 0.29) is 0 Å². The number of nitrogen functional groups attached to an aromatic ring is 1. The molecular weight excluding hydrogens is 296 g/mol. The normalized spacial score (nSPS) is 12.6. The van der Waals surface area contributed by atoms with Crippen LogP contribution in [0.2, 0.25) is 0 Å². The lowest BCUT2D eigenvalue weighted by Gasteiger charge is -2.15. The molecule has 0 bridgehead atoms. The van der Waals surface area contributed by atoms with Gasteiger partial charge in [0.2, 0.25) is 0 Å². The molecule has 0 fully saturated rings. The Bertz CT molecular complexity index is 496. The van der Waals surface area contributed by atoms with Crippen molar-refractivity contribution in [2.45, 2.75) is 19.5 Å². The zero-order valence-corrected chi connectivity index (χ0v) is 12.0. The average molecular weight is 311 g/mol. The summed E-state index contributed by atoms with van der Waals surface area (Å²) >= 11 is 5.26. The van der Waals surface area contributed by atoms with Gasteiger partial charge in [0, 0.05) is 27.6 Å². The van der Waals surface area contributed by atoms with Crippen molar-refractivity contribution in [3.63, 3.8) is 0 Å². The van der Waals surface area contributed by atoms with Crippen molar-refractivity contribution >= 4 is 33.0 Å². The predicted molar refractivity (Wildman–Crippen MR) is 78.1 cm³/mol. The van der Waals surface area contributed by atoms with Crippen molar-refractivity contribution in [3.8, 4) is 0 Å². The molecule has 1 aromatic heterocycles. The Kier molecular flexibility index (Phi) is 4.20. The molecule has 2 aromatic rings. The van der Waals surface area contributed by atoms with E-state index in [4.69, 9.17) is 5.73 Å². The van der Waals surface area contributed by atoms with Gasteiger partial charge in [0.05, 0.1) is 0 Å². The number of nitrogens with one attached hydrogen (secondary N) is 1. The average Bonchev–Trinajstić information content (AvgIpc) is 2.72. The molecule has 0 aliphatic heterocycles. The number of hydrogen-bond donors (Lipinski definition) is 2. The predicted octanol–water partition coefficient (Wildman–Crippen LogP) is 3.94. The molecule has 0 saturated carbocycles. The van der Waals surface area contributed by atoms with Gasteiger partial charge in [0.15, 0.2) is 0 Å². The molecular formula is C13H15BrN2S. The fourth-order valence-electron chi connectivity index (χ4n) is 1.68. The van der Waals surface area contributed by atoms with Crippen molar-refractivity contribution in [3.05, 3.63) is 50.6 Å². The molecule has 1 atom stereocenters. The highest BCUT2D eigenvalue weighted by Crippen LogP contribution is 2.24. The Morgan fingerprint density at radius 2 is 2.12 bits per heavy atom. The number of anilines is 1. The van der Waals surface area contributed by atoms with Gasteiger partial charge in [-0.1, -0.05) is 34.1 Å². The number of thiophene rings is 1. The zero-order chi connectivity index (χ0) is 12.3. The minimum absolute atomic E-state index is 0.298. The first kappa shape index (κ1) is 12.6. The maximum atomic E-state index is 5.86. The van der Waals surface area contributed by atoms with Crippen LogP contribution in [0, 0.1) is 0 Å². The lowest BCUT2D eigenvalue weighted by molar-refractivity contribution is 0.577. The molecule has 90 valence electrons. The highest BCUT2D eigenvalue weighted by atomic mass is 79.9. The minimum Gasteiger partial charge on any atom is -0.398 e. The van der Waals surface area contributed by atoms with Crippen LogP contribution in [-0.2, 0) is 6.54 Å². The highest BCUT2D eigenvalue weighted by Gasteiger charge is 2.09. The third-order valence-electron chi connectivity index (χ3n) is 2.72. The number of nitrogens with two attached hydrogens (primary N) is 1. The monoisotopic (exact) mass is 310 g/mol. The molecule has 1 aromatic carbocycles. The Morgan fingerprint density at radius 3 is 2.76 bits per heavy atom. The lowest BCUT2D eigenvalue weighted by Crippen LogP contribution is -2.18. The molecule has 0 spiro atoms. The molecule has 0 aliphatic rings. The zero-order valence-electron chi connectivity index (χ0n) is 9.61. The second-order valence-corrected chi connectivity index (χ2v) is 5.78. The van der Waals surface area contributed by atoms with Gasteiger partial charge in [-0.3, -0.25) is 0 Å². The van der Waals surface area contributed by atoms with Crippen LogP contribution in [0.15, 0.2) is 40.2 Å². The molecule has 3 N–H and O–H groups in total. The second kappa shape index (κ2) is 5.67. The van der Waals surface area contributed by atoms with E-state index >= 15 is 0 Å². The van der Waals surface area contributed by atoms with Gasteiger partial charge in [-0.15, -0.1) is 11.3 Å². The Morgan fingerprint density at radius 1 is 1.35 bits per heavy atom. The van der Waals surface area contributed by atoms with Gasteiger partial charge in [0.1, 0.15) is 0 Å². The Hall–Kier alpha value is -0.840. The molecule has 0 amide bonds. The summed E-state index contributed by atoms with van der Waals surface area (Å²) in [5.74, 6) is 0. The standard InChI is InChI=1S/C13H15BrN2S/c1-9(10-4-2-3-5-11(10)14)16-8-13-12(15)6-7-17-13/h2-7,9,16H,8,15H2,1H3. The number of rotatable bonds is 4. The van der Waals surface area contributed by atoms with E-state index in [1.807, 2.05) is 17.5 Å². The van der Waals surface area contributed by atoms with E-state index in [1.54, 1.807) is 11.3 Å². The van der Waals surface area contributed by atoms with Crippen LogP contribution in [0.5, 0.6) is 0 Å². The van der Waals surface area contributed by atoms with Gasteiger partial charge in [-0.25, -0.2) is 0 Å². The number of halogens is 1. The third kappa shape index (κ3) is 3.09. The van der Waals surface area contributed by atoms with Gasteiger partial charge < -0.3 is 11.1 Å². The number of benzene rings is 1. The topological polar surface area (TPSA) is 38.0 Å². The van der Waals surface area contributed by atoms with Crippen LogP contribution < -0.4 is 11.1 Å². The summed E-state index contributed by atoms with van der Waals surface area (Å²) in [5.41, 5.74) is 8.00. The van der Waals surface area contributed by atoms with E-state index in [0.717, 1.165) is 16.7 Å². The molecule has 0 saturated heterocycles. The smallest absolute Gasteiger partial charge is 0.0468 e. The van der Waals surface area contributed by atoms with Crippen LogP contribution in [0.1, 0.15) is 23.4 Å². The molecule has 0 radical (unpaired) electrons. The summed E-state index contributed by atoms with van der Waals surface area (Å²) in [5, 5.41) is 5.51. The fourth-order valence-corrected chi connectivity index (χ4v) is 3.05. The molecule has 2 rings (SSSR count). The maximum Gasteiger partial charge on any atom is 0.0468 e. The Balaban J connectivity index is 2.01. The van der Waals surface area contributed by atoms with Crippen molar-refractivity contribution in [1.82, 2.24) is 5.32 Å². The molecule has 1 heterocycles. The lowest BCUT2D eigenvalue weighted by atomic mass is 10.1. The second-order valence-electron chi connectivity index (χ2n) is 3.92. The summed E-state index contributed by atoms with van der Waals surface area (Å²) in [6.45, 7) is 2.97. The van der Waals surface area contributed by atoms with E-state index in [1.165, 1.54) is 10.4 Å². The van der Waals surface area contributed by atoms with E-state index < -0.39 is 0 Å². The molecule has 17 heavy (non-hydrogen) atoms. The summed E-state index contributed by atoms with van der Waals surface area (Å²) in [7, 11) is 0. The SMILES string of the molecule is CC(NCc1sccc1N)c1ccccc1Br. The summed E-state index contributed by atoms with van der Waals surface area (Å²) < 4.78 is 1.14. The van der Waals surface area contributed by atoms with E-state index in [9.17, 15) is 0 Å². The molecule has 1 unspecified atom stereocenters. The fraction of sp³-hybridized carbons (Fsp3) is 0.231. The first-order chi connectivity index (χ1) is 8.18. The van der Waals surface area contributed by atoms with Gasteiger partial charge in [-0.2, -0.15) is 0 Å². The van der Waals surface area contributed by atoms with Gasteiger partial charge in [0.25, 0.3) is 0 Å². The van der Waals surface area contributed by atoms with Gasteiger partial charge >= 0.3 is 0 Å². The van der Waals surface area contributed by atoms with Gasteiger partial charge in [-0.05, 0) is 30.0 Å². The van der Waals surface area contributed by atoms with E-state index in [0.29, 0.717) is 6.04 Å². The van der Waals surface area contributed by atoms with Crippen LogP contribution in [-0.4, -0.2) is 0 Å². The first-order valence-corrected chi connectivity index (χ1v) is 7.15. The summed E-state index contributed by atoms with van der Waals surface area (Å²) in [4.78, 5) is 1.20. The van der Waals surface area contributed by atoms with Crippen molar-refractivity contribution in [2.24, 2.45) is 0 Å². The number of hydrogen-bond acceptors (Lipinski definition) is 3. The van der Waals surface area contributed by atoms with Crippen LogP contribution >= 0.6 is 27.3 Å².